The Balaban J connectivity index is 0.00000364. The Hall–Kier alpha value is -1.71. The summed E-state index contributed by atoms with van der Waals surface area (Å²) in [6, 6.07) is 8.08. The largest absolute Gasteiger partial charge is 0.497 e. The lowest BCUT2D eigenvalue weighted by Crippen LogP contribution is -2.54. The van der Waals surface area contributed by atoms with Gasteiger partial charge in [0.05, 0.1) is 13.7 Å². The lowest BCUT2D eigenvalue weighted by Gasteiger charge is -2.35. The number of carbonyl (C=O) groups is 1. The molecule has 8 heteroatoms. The van der Waals surface area contributed by atoms with Crippen LogP contribution in [0.5, 0.6) is 5.75 Å². The number of amides is 1. The number of piperazine rings is 1. The number of nitrogens with one attached hydrogen (secondary N) is 1. The van der Waals surface area contributed by atoms with E-state index in [0.29, 0.717) is 26.2 Å². The fraction of sp³-hybridized carbons (Fsp3) is 0.579. The molecule has 1 fully saturated rings. The predicted molar refractivity (Wildman–Crippen MR) is 118 cm³/mol. The monoisotopic (exact) mass is 490 g/mol. The average Bonchev–Trinajstić information content (AvgIpc) is 2.68. The number of nitrogens with zero attached hydrogens (tertiary/aromatic N) is 3. The number of rotatable bonds is 6. The molecular formula is C19H31IN4O3. The highest BCUT2D eigenvalue weighted by Crippen LogP contribution is 2.12. The third kappa shape index (κ3) is 7.43. The summed E-state index contributed by atoms with van der Waals surface area (Å²) in [5.74, 6) is 1.77. The molecule has 0 bridgehead atoms. The number of benzene rings is 1. The Kier molecular flexibility index (Phi) is 10.9. The first kappa shape index (κ1) is 23.3. The molecule has 1 aliphatic rings. The maximum Gasteiger partial charge on any atom is 0.409 e. The fourth-order valence-electron chi connectivity index (χ4n) is 2.82. The van der Waals surface area contributed by atoms with Gasteiger partial charge in [-0.25, -0.2) is 4.79 Å². The zero-order valence-electron chi connectivity index (χ0n) is 16.4. The molecule has 0 aromatic heterocycles. The molecule has 1 N–H and O–H groups in total. The van der Waals surface area contributed by atoms with Crippen molar-refractivity contribution >= 4 is 36.0 Å². The second-order valence-electron chi connectivity index (χ2n) is 6.01. The smallest absolute Gasteiger partial charge is 0.409 e. The van der Waals surface area contributed by atoms with Gasteiger partial charge in [0.15, 0.2) is 5.96 Å². The topological polar surface area (TPSA) is 66.4 Å². The molecule has 27 heavy (non-hydrogen) atoms. The van der Waals surface area contributed by atoms with E-state index in [4.69, 9.17) is 14.5 Å². The highest BCUT2D eigenvalue weighted by atomic mass is 127. The normalized spacial score (nSPS) is 14.4. The highest BCUT2D eigenvalue weighted by molar-refractivity contribution is 14.0. The van der Waals surface area contributed by atoms with Crippen LogP contribution in [-0.2, 0) is 11.2 Å². The van der Waals surface area contributed by atoms with E-state index in [1.54, 1.807) is 12.0 Å². The molecule has 1 aliphatic heterocycles. The molecule has 1 heterocycles. The number of hydrogen-bond donors (Lipinski definition) is 1. The minimum absolute atomic E-state index is 0. The lowest BCUT2D eigenvalue weighted by atomic mass is 10.1. The van der Waals surface area contributed by atoms with E-state index in [1.165, 1.54) is 5.56 Å². The Bertz CT molecular complexity index is 587. The summed E-state index contributed by atoms with van der Waals surface area (Å²) in [4.78, 5) is 20.5. The van der Waals surface area contributed by atoms with Crippen LogP contribution in [0.2, 0.25) is 0 Å². The van der Waals surface area contributed by atoms with Crippen LogP contribution in [0.4, 0.5) is 4.79 Å². The molecule has 0 spiro atoms. The number of methoxy groups -OCH3 is 1. The summed E-state index contributed by atoms with van der Waals surface area (Å²) >= 11 is 0. The second-order valence-corrected chi connectivity index (χ2v) is 6.01. The summed E-state index contributed by atoms with van der Waals surface area (Å²) in [6.07, 6.45) is 0.649. The highest BCUT2D eigenvalue weighted by Gasteiger charge is 2.23. The molecule has 0 saturated carbocycles. The molecule has 0 radical (unpaired) electrons. The van der Waals surface area contributed by atoms with Crippen molar-refractivity contribution in [2.24, 2.45) is 4.99 Å². The van der Waals surface area contributed by atoms with Gasteiger partial charge in [0, 0.05) is 39.3 Å². The molecule has 0 atom stereocenters. The van der Waals surface area contributed by atoms with E-state index in [1.807, 2.05) is 19.1 Å². The van der Waals surface area contributed by atoms with Crippen LogP contribution in [0.15, 0.2) is 29.3 Å². The maximum absolute atomic E-state index is 11.8. The van der Waals surface area contributed by atoms with E-state index < -0.39 is 0 Å². The van der Waals surface area contributed by atoms with Crippen LogP contribution >= 0.6 is 24.0 Å². The maximum atomic E-state index is 11.8. The summed E-state index contributed by atoms with van der Waals surface area (Å²) in [5, 5.41) is 3.35. The quantitative estimate of drug-likeness (QED) is 0.378. The average molecular weight is 490 g/mol. The minimum Gasteiger partial charge on any atom is -0.497 e. The van der Waals surface area contributed by atoms with Gasteiger partial charge in [0.2, 0.25) is 0 Å². The van der Waals surface area contributed by atoms with Crippen molar-refractivity contribution in [2.75, 3.05) is 53.0 Å². The third-order valence-electron chi connectivity index (χ3n) is 4.26. The Morgan fingerprint density at radius 1 is 1.11 bits per heavy atom. The molecule has 152 valence electrons. The number of halogens is 1. The van der Waals surface area contributed by atoms with Crippen molar-refractivity contribution < 1.29 is 14.3 Å². The number of carbonyl (C=O) groups excluding carboxylic acids is 1. The zero-order valence-corrected chi connectivity index (χ0v) is 18.8. The van der Waals surface area contributed by atoms with Gasteiger partial charge < -0.3 is 24.6 Å². The van der Waals surface area contributed by atoms with Crippen LogP contribution in [-0.4, -0.2) is 74.8 Å². The van der Waals surface area contributed by atoms with Gasteiger partial charge in [-0.15, -0.1) is 24.0 Å². The van der Waals surface area contributed by atoms with Crippen molar-refractivity contribution in [1.82, 2.24) is 15.1 Å². The van der Waals surface area contributed by atoms with Gasteiger partial charge in [-0.2, -0.15) is 0 Å². The molecule has 1 aromatic rings. The molecule has 7 nitrogen and oxygen atoms in total. The molecule has 0 aliphatic carbocycles. The van der Waals surface area contributed by atoms with Gasteiger partial charge in [0.25, 0.3) is 0 Å². The molecule has 0 unspecified atom stereocenters. The van der Waals surface area contributed by atoms with Gasteiger partial charge in [-0.05, 0) is 38.0 Å². The third-order valence-corrected chi connectivity index (χ3v) is 4.26. The van der Waals surface area contributed by atoms with Crippen LogP contribution in [0.25, 0.3) is 0 Å². The van der Waals surface area contributed by atoms with Gasteiger partial charge in [-0.1, -0.05) is 12.1 Å². The fourth-order valence-corrected chi connectivity index (χ4v) is 2.82. The number of hydrogen-bond acceptors (Lipinski definition) is 4. The summed E-state index contributed by atoms with van der Waals surface area (Å²) < 4.78 is 10.3. The second kappa shape index (κ2) is 12.6. The Labute approximate surface area is 179 Å². The van der Waals surface area contributed by atoms with Crippen molar-refractivity contribution in [1.29, 1.82) is 0 Å². The van der Waals surface area contributed by atoms with Crippen LogP contribution in [0, 0.1) is 0 Å². The number of ether oxygens (including phenoxy) is 2. The van der Waals surface area contributed by atoms with Gasteiger partial charge >= 0.3 is 6.09 Å². The zero-order chi connectivity index (χ0) is 18.8. The first-order valence-electron chi connectivity index (χ1n) is 9.25. The van der Waals surface area contributed by atoms with E-state index in [-0.39, 0.29) is 30.1 Å². The molecule has 1 aromatic carbocycles. The minimum atomic E-state index is -0.228. The standard InChI is InChI=1S/C19H30N4O3.HI/c1-4-20-18(21-11-10-16-6-8-17(25-3)9-7-16)22-12-14-23(15-13-22)19(24)26-5-2;/h6-9H,4-5,10-15H2,1-3H3,(H,20,21);1H. The van der Waals surface area contributed by atoms with Gasteiger partial charge in [0.1, 0.15) is 5.75 Å². The van der Waals surface area contributed by atoms with Crippen molar-refractivity contribution in [3.8, 4) is 5.75 Å². The predicted octanol–water partition coefficient (Wildman–Crippen LogP) is 2.60. The van der Waals surface area contributed by atoms with Gasteiger partial charge in [-0.3, -0.25) is 4.99 Å². The Morgan fingerprint density at radius 3 is 2.30 bits per heavy atom. The molecule has 2 rings (SSSR count). The van der Waals surface area contributed by atoms with E-state index in [2.05, 4.69) is 29.3 Å². The van der Waals surface area contributed by atoms with Crippen LogP contribution in [0.3, 0.4) is 0 Å². The molecule has 1 saturated heterocycles. The Morgan fingerprint density at radius 2 is 1.74 bits per heavy atom. The summed E-state index contributed by atoms with van der Waals surface area (Å²) in [5.41, 5.74) is 1.23. The first-order chi connectivity index (χ1) is 12.7. The van der Waals surface area contributed by atoms with E-state index in [9.17, 15) is 4.79 Å². The van der Waals surface area contributed by atoms with Crippen molar-refractivity contribution in [3.63, 3.8) is 0 Å². The molecule has 1 amide bonds. The first-order valence-corrected chi connectivity index (χ1v) is 9.25. The van der Waals surface area contributed by atoms with E-state index in [0.717, 1.165) is 37.8 Å². The SMILES string of the molecule is CCNC(=NCCc1ccc(OC)cc1)N1CCN(C(=O)OCC)CC1.I. The van der Waals surface area contributed by atoms with E-state index >= 15 is 0 Å². The van der Waals surface area contributed by atoms with Crippen molar-refractivity contribution in [3.05, 3.63) is 29.8 Å². The van der Waals surface area contributed by atoms with Crippen LogP contribution in [0.1, 0.15) is 19.4 Å². The lowest BCUT2D eigenvalue weighted by molar-refractivity contribution is 0.0914. The summed E-state index contributed by atoms with van der Waals surface area (Å²) in [6.45, 7) is 8.66. The molecular weight excluding hydrogens is 459 g/mol. The van der Waals surface area contributed by atoms with Crippen LogP contribution < -0.4 is 10.1 Å². The van der Waals surface area contributed by atoms with Crippen molar-refractivity contribution in [2.45, 2.75) is 20.3 Å². The summed E-state index contributed by atoms with van der Waals surface area (Å²) in [7, 11) is 1.67. The number of guanidine groups is 1. The number of aliphatic imine (C=N–C) groups is 1.